The summed E-state index contributed by atoms with van der Waals surface area (Å²) in [5.41, 5.74) is 8.92. The highest BCUT2D eigenvalue weighted by atomic mass is 16.1. The number of allylic oxidation sites excluding steroid dienone is 2. The van der Waals surface area contributed by atoms with Gasteiger partial charge in [0.25, 0.3) is 0 Å². The Hall–Kier alpha value is -0.790. The summed E-state index contributed by atoms with van der Waals surface area (Å²) < 4.78 is 0. The van der Waals surface area contributed by atoms with Gasteiger partial charge in [-0.2, -0.15) is 0 Å². The van der Waals surface area contributed by atoms with Crippen LogP contribution in [0.25, 0.3) is 0 Å². The number of Topliss-reactive ketones (excluding diaryl/α,β-unsaturated/α-hetero) is 1. The first kappa shape index (κ1) is 21.4. The van der Waals surface area contributed by atoms with Crippen LogP contribution in [0.3, 0.4) is 0 Å². The molecule has 164 valence electrons. The molecule has 0 bridgehead atoms. The van der Waals surface area contributed by atoms with Gasteiger partial charge in [-0.15, -0.1) is 0 Å². The van der Waals surface area contributed by atoms with Crippen LogP contribution in [0.5, 0.6) is 0 Å². The van der Waals surface area contributed by atoms with Gasteiger partial charge in [0.15, 0.2) is 5.78 Å². The average Bonchev–Trinajstić information content (AvgIpc) is 3.03. The van der Waals surface area contributed by atoms with E-state index >= 15 is 0 Å². The molecule has 3 saturated carbocycles. The Morgan fingerprint density at radius 3 is 2.48 bits per heavy atom. The summed E-state index contributed by atoms with van der Waals surface area (Å²) in [6, 6.07) is 0. The van der Waals surface area contributed by atoms with Crippen molar-refractivity contribution in [2.24, 2.45) is 52.1 Å². The zero-order valence-corrected chi connectivity index (χ0v) is 19.7. The van der Waals surface area contributed by atoms with Gasteiger partial charge in [0.2, 0.25) is 0 Å². The molecule has 4 rings (SSSR count). The number of ketones is 1. The zero-order chi connectivity index (χ0) is 21.0. The Morgan fingerprint density at radius 1 is 1.00 bits per heavy atom. The van der Waals surface area contributed by atoms with Crippen molar-refractivity contribution in [2.75, 3.05) is 0 Å². The molecule has 2 heteroatoms. The van der Waals surface area contributed by atoms with E-state index < -0.39 is 0 Å². The summed E-state index contributed by atoms with van der Waals surface area (Å²) >= 11 is 0. The molecule has 0 aromatic rings. The van der Waals surface area contributed by atoms with E-state index in [2.05, 4.69) is 34.6 Å². The fourth-order valence-electron chi connectivity index (χ4n) is 8.61. The number of fused-ring (bicyclic) bond motifs is 5. The van der Waals surface area contributed by atoms with Gasteiger partial charge in [-0.3, -0.25) is 4.79 Å². The molecule has 0 unspecified atom stereocenters. The summed E-state index contributed by atoms with van der Waals surface area (Å²) in [5.74, 6) is 4.12. The summed E-state index contributed by atoms with van der Waals surface area (Å²) in [5, 5.41) is 0. The molecule has 0 saturated heterocycles. The van der Waals surface area contributed by atoms with Gasteiger partial charge in [-0.05, 0) is 85.0 Å². The first-order valence-corrected chi connectivity index (χ1v) is 12.8. The monoisotopic (exact) mass is 399 g/mol. The highest BCUT2D eigenvalue weighted by Crippen LogP contribution is 2.66. The lowest BCUT2D eigenvalue weighted by Crippen LogP contribution is -2.54. The van der Waals surface area contributed by atoms with E-state index in [0.717, 1.165) is 11.8 Å². The van der Waals surface area contributed by atoms with E-state index in [9.17, 15) is 4.79 Å². The van der Waals surface area contributed by atoms with Crippen molar-refractivity contribution in [1.29, 1.82) is 0 Å². The predicted octanol–water partition coefficient (Wildman–Crippen LogP) is 6.88. The molecule has 0 aromatic heterocycles. The fourth-order valence-corrected chi connectivity index (χ4v) is 8.61. The predicted molar refractivity (Wildman–Crippen MR) is 121 cm³/mol. The lowest BCUT2D eigenvalue weighted by atomic mass is 9.47. The van der Waals surface area contributed by atoms with Crippen LogP contribution in [0.1, 0.15) is 105 Å². The maximum Gasteiger partial charge on any atom is 0.184 e. The maximum absolute atomic E-state index is 13.9. The van der Waals surface area contributed by atoms with Gasteiger partial charge < -0.3 is 5.73 Å². The Kier molecular flexibility index (Phi) is 5.71. The van der Waals surface area contributed by atoms with E-state index in [1.807, 2.05) is 0 Å². The fraction of sp³-hybridized carbons (Fsp3) is 0.889. The highest BCUT2D eigenvalue weighted by molar-refractivity contribution is 6.01. The molecule has 4 aliphatic rings. The number of carbonyl (C=O) groups excluding carboxylic acids is 1. The van der Waals surface area contributed by atoms with Crippen molar-refractivity contribution in [3.63, 3.8) is 0 Å². The molecule has 0 spiro atoms. The van der Waals surface area contributed by atoms with Gasteiger partial charge in [-0.1, -0.05) is 66.7 Å². The molecule has 3 fully saturated rings. The van der Waals surface area contributed by atoms with Crippen molar-refractivity contribution in [3.05, 3.63) is 11.3 Å². The second-order valence-corrected chi connectivity index (χ2v) is 12.1. The quantitative estimate of drug-likeness (QED) is 0.547. The molecule has 0 aromatic carbocycles. The summed E-state index contributed by atoms with van der Waals surface area (Å²) in [4.78, 5) is 13.9. The summed E-state index contributed by atoms with van der Waals surface area (Å²) in [7, 11) is 0. The van der Waals surface area contributed by atoms with Crippen molar-refractivity contribution in [3.8, 4) is 0 Å². The van der Waals surface area contributed by atoms with Gasteiger partial charge in [0, 0.05) is 5.41 Å². The van der Waals surface area contributed by atoms with Gasteiger partial charge in [-0.25, -0.2) is 0 Å². The van der Waals surface area contributed by atoms with E-state index in [-0.39, 0.29) is 10.8 Å². The molecule has 7 atom stereocenters. The van der Waals surface area contributed by atoms with Crippen LogP contribution < -0.4 is 5.73 Å². The Labute approximate surface area is 179 Å². The maximum atomic E-state index is 13.9. The lowest BCUT2D eigenvalue weighted by Gasteiger charge is -2.56. The first-order chi connectivity index (χ1) is 13.7. The normalized spacial score (nSPS) is 43.2. The number of carbonyl (C=O) groups is 1. The molecule has 2 nitrogen and oxygen atoms in total. The highest BCUT2D eigenvalue weighted by Gasteiger charge is 2.62. The Bertz CT molecular complexity index is 678. The Balaban J connectivity index is 1.64. The molecule has 0 radical (unpaired) electrons. The molecule has 0 heterocycles. The minimum atomic E-state index is -0.215. The number of hydrogen-bond acceptors (Lipinski definition) is 2. The van der Waals surface area contributed by atoms with Gasteiger partial charge in [0.05, 0.1) is 5.70 Å². The third-order valence-electron chi connectivity index (χ3n) is 10.2. The number of nitrogens with two attached hydrogens (primary N) is 1. The van der Waals surface area contributed by atoms with Crippen molar-refractivity contribution < 1.29 is 4.79 Å². The summed E-state index contributed by atoms with van der Waals surface area (Å²) in [6.45, 7) is 11.8. The van der Waals surface area contributed by atoms with Gasteiger partial charge >= 0.3 is 0 Å². The largest absolute Gasteiger partial charge is 0.396 e. The van der Waals surface area contributed by atoms with Crippen LogP contribution in [-0.2, 0) is 4.79 Å². The average molecular weight is 400 g/mol. The smallest absolute Gasteiger partial charge is 0.184 e. The third-order valence-corrected chi connectivity index (χ3v) is 10.2. The summed E-state index contributed by atoms with van der Waals surface area (Å²) in [6.07, 6.45) is 14.2. The van der Waals surface area contributed by atoms with Crippen LogP contribution in [0.15, 0.2) is 11.3 Å². The van der Waals surface area contributed by atoms with Crippen LogP contribution in [0.4, 0.5) is 0 Å². The van der Waals surface area contributed by atoms with E-state index in [0.29, 0.717) is 35.2 Å². The first-order valence-electron chi connectivity index (χ1n) is 12.8. The van der Waals surface area contributed by atoms with Crippen molar-refractivity contribution in [1.82, 2.24) is 0 Å². The minimum absolute atomic E-state index is 0.198. The van der Waals surface area contributed by atoms with Crippen LogP contribution in [-0.4, -0.2) is 5.78 Å². The van der Waals surface area contributed by atoms with Gasteiger partial charge in [0.1, 0.15) is 0 Å². The molecule has 0 amide bonds. The SMILES string of the molecule is CC(C)CCC[C@@H](C)[C@H]1CC[C@H]2[C@@H]3CC[C@H]4CCCC[C@]4(C)C3=C(N)C(=O)[C@]12C. The zero-order valence-electron chi connectivity index (χ0n) is 19.7. The molecular weight excluding hydrogens is 354 g/mol. The van der Waals surface area contributed by atoms with E-state index in [1.165, 1.54) is 76.2 Å². The third kappa shape index (κ3) is 3.23. The second kappa shape index (κ2) is 7.72. The molecule has 0 aliphatic heterocycles. The van der Waals surface area contributed by atoms with E-state index in [4.69, 9.17) is 5.73 Å². The Morgan fingerprint density at radius 2 is 1.76 bits per heavy atom. The minimum Gasteiger partial charge on any atom is -0.396 e. The topological polar surface area (TPSA) is 43.1 Å². The van der Waals surface area contributed by atoms with Crippen LogP contribution >= 0.6 is 0 Å². The standard InChI is InChI=1S/C27H45NO/c1-17(2)9-8-10-18(3)21-14-15-22-20-13-12-19-11-6-7-16-26(19,4)23(20)24(28)25(29)27(21,22)5/h17-22H,6-16,28H2,1-5H3/t18-,19-,20+,21-,22+,26+,27-/m1/s1. The molecular formula is C27H45NO. The van der Waals surface area contributed by atoms with Crippen molar-refractivity contribution in [2.45, 2.75) is 105 Å². The molecule has 4 aliphatic carbocycles. The van der Waals surface area contributed by atoms with Crippen molar-refractivity contribution >= 4 is 5.78 Å². The molecule has 2 N–H and O–H groups in total. The lowest BCUT2D eigenvalue weighted by molar-refractivity contribution is -0.133. The van der Waals surface area contributed by atoms with Crippen LogP contribution in [0, 0.1) is 46.3 Å². The molecule has 29 heavy (non-hydrogen) atoms. The second-order valence-electron chi connectivity index (χ2n) is 12.1. The van der Waals surface area contributed by atoms with Crippen LogP contribution in [0.2, 0.25) is 0 Å². The van der Waals surface area contributed by atoms with E-state index in [1.54, 1.807) is 0 Å². The number of hydrogen-bond donors (Lipinski definition) is 1. The number of rotatable bonds is 5.